The van der Waals surface area contributed by atoms with Crippen molar-refractivity contribution in [2.75, 3.05) is 31.5 Å². The normalized spacial score (nSPS) is 19.5. The second-order valence-electron chi connectivity index (χ2n) is 8.71. The van der Waals surface area contributed by atoms with Gasteiger partial charge in [-0.1, -0.05) is 29.3 Å². The Balaban J connectivity index is 1.35. The van der Waals surface area contributed by atoms with Crippen LogP contribution in [0.15, 0.2) is 24.5 Å². The lowest BCUT2D eigenvalue weighted by molar-refractivity contribution is -0.0668. The average molecular weight is 498 g/mol. The number of benzene rings is 1. The summed E-state index contributed by atoms with van der Waals surface area (Å²) in [6.07, 6.45) is 2.79. The number of anilines is 1. The molecule has 0 atom stereocenters. The molecule has 2 aliphatic heterocycles. The summed E-state index contributed by atoms with van der Waals surface area (Å²) in [5.41, 5.74) is 1.99. The predicted octanol–water partition coefficient (Wildman–Crippen LogP) is 5.04. The third-order valence-electron chi connectivity index (χ3n) is 6.53. The molecule has 1 aromatic carbocycles. The lowest BCUT2D eigenvalue weighted by Gasteiger charge is -2.41. The highest BCUT2D eigenvalue weighted by molar-refractivity contribution is 6.42. The molecular formula is C23H27Cl2F2N5O. The number of hydrogen-bond donors (Lipinski definition) is 1. The van der Waals surface area contributed by atoms with Crippen LogP contribution in [0.1, 0.15) is 47.3 Å². The number of aromatic nitrogens is 2. The predicted molar refractivity (Wildman–Crippen MR) is 125 cm³/mol. The van der Waals surface area contributed by atoms with Crippen molar-refractivity contribution in [2.24, 2.45) is 0 Å². The first-order chi connectivity index (χ1) is 15.7. The summed E-state index contributed by atoms with van der Waals surface area (Å²) < 4.78 is 26.9. The molecule has 2 aromatic rings. The van der Waals surface area contributed by atoms with Crippen LogP contribution in [0.3, 0.4) is 0 Å². The lowest BCUT2D eigenvalue weighted by Crippen LogP contribution is -2.50. The molecule has 0 saturated carbocycles. The number of nitrogens with one attached hydrogen (secondary N) is 1. The molecule has 1 N–H and O–H groups in total. The summed E-state index contributed by atoms with van der Waals surface area (Å²) in [6.45, 7) is 4.32. The minimum Gasteiger partial charge on any atom is -0.366 e. The second kappa shape index (κ2) is 10.1. The van der Waals surface area contributed by atoms with E-state index in [9.17, 15) is 13.6 Å². The fourth-order valence-corrected chi connectivity index (χ4v) is 4.80. The summed E-state index contributed by atoms with van der Waals surface area (Å²) in [7, 11) is 0. The molecule has 178 valence electrons. The first kappa shape index (κ1) is 24.1. The summed E-state index contributed by atoms with van der Waals surface area (Å²) in [4.78, 5) is 25.6. The quantitative estimate of drug-likeness (QED) is 0.626. The van der Waals surface area contributed by atoms with E-state index in [0.717, 1.165) is 18.4 Å². The molecule has 2 aliphatic rings. The van der Waals surface area contributed by atoms with Gasteiger partial charge in [0.05, 0.1) is 10.0 Å². The minimum atomic E-state index is -2.54. The fraction of sp³-hybridized carbons (Fsp3) is 0.522. The maximum Gasteiger partial charge on any atom is 0.272 e. The Bertz CT molecular complexity index is 1000. The molecule has 10 heteroatoms. The van der Waals surface area contributed by atoms with E-state index in [1.54, 1.807) is 17.0 Å². The van der Waals surface area contributed by atoms with Gasteiger partial charge in [-0.25, -0.2) is 18.7 Å². The first-order valence-corrected chi connectivity index (χ1v) is 11.9. The Labute approximate surface area is 202 Å². The van der Waals surface area contributed by atoms with Gasteiger partial charge in [0.15, 0.2) is 0 Å². The van der Waals surface area contributed by atoms with E-state index >= 15 is 0 Å². The molecule has 0 unspecified atom stereocenters. The van der Waals surface area contributed by atoms with E-state index < -0.39 is 5.92 Å². The van der Waals surface area contributed by atoms with Crippen molar-refractivity contribution in [3.8, 4) is 0 Å². The highest BCUT2D eigenvalue weighted by atomic mass is 35.5. The SMILES string of the molecule is Cc1c(NCc2ccc(Cl)c(Cl)c2)ncnc1C(=O)N1CCC(N2CCC(F)(F)CC2)CC1. The molecule has 0 aliphatic carbocycles. The van der Waals surface area contributed by atoms with Crippen LogP contribution in [0.2, 0.25) is 10.0 Å². The van der Waals surface area contributed by atoms with Gasteiger partial charge in [-0.15, -0.1) is 0 Å². The summed E-state index contributed by atoms with van der Waals surface area (Å²) in [5.74, 6) is -2.08. The van der Waals surface area contributed by atoms with Crippen LogP contribution in [0.5, 0.6) is 0 Å². The van der Waals surface area contributed by atoms with Gasteiger partial charge < -0.3 is 10.2 Å². The number of carbonyl (C=O) groups is 1. The smallest absolute Gasteiger partial charge is 0.272 e. The monoisotopic (exact) mass is 497 g/mol. The van der Waals surface area contributed by atoms with Crippen molar-refractivity contribution >= 4 is 34.9 Å². The molecule has 2 saturated heterocycles. The number of nitrogens with zero attached hydrogens (tertiary/aromatic N) is 4. The number of alkyl halides is 2. The van der Waals surface area contributed by atoms with Gasteiger partial charge in [-0.05, 0) is 37.5 Å². The Kier molecular flexibility index (Phi) is 7.36. The minimum absolute atomic E-state index is 0.0791. The van der Waals surface area contributed by atoms with Gasteiger partial charge in [0, 0.05) is 57.2 Å². The van der Waals surface area contributed by atoms with Crippen molar-refractivity contribution in [1.82, 2.24) is 19.8 Å². The molecule has 0 radical (unpaired) electrons. The third-order valence-corrected chi connectivity index (χ3v) is 7.27. The molecule has 4 rings (SSSR count). The standard InChI is InChI=1S/C23H27Cl2F2N5O/c1-15-20(29-14-30-21(15)28-13-16-2-3-18(24)19(25)12-16)22(33)32-8-4-17(5-9-32)31-10-6-23(26,27)7-11-31/h2-3,12,14,17H,4-11,13H2,1H3,(H,28,29,30). The van der Waals surface area contributed by atoms with E-state index in [-0.39, 0.29) is 24.8 Å². The molecule has 0 spiro atoms. The van der Waals surface area contributed by atoms with Crippen LogP contribution >= 0.6 is 23.2 Å². The topological polar surface area (TPSA) is 61.4 Å². The molecule has 3 heterocycles. The first-order valence-electron chi connectivity index (χ1n) is 11.1. The fourth-order valence-electron chi connectivity index (χ4n) is 4.48. The summed E-state index contributed by atoms with van der Waals surface area (Å²) in [5, 5.41) is 4.21. The van der Waals surface area contributed by atoms with Gasteiger partial charge in [-0.3, -0.25) is 9.69 Å². The van der Waals surface area contributed by atoms with Crippen LogP contribution in [0, 0.1) is 6.92 Å². The Morgan fingerprint density at radius 3 is 2.48 bits per heavy atom. The van der Waals surface area contributed by atoms with Crippen LogP contribution in [0.25, 0.3) is 0 Å². The van der Waals surface area contributed by atoms with E-state index in [1.165, 1.54) is 6.33 Å². The molecular weight excluding hydrogens is 471 g/mol. The third kappa shape index (κ3) is 5.73. The number of piperidine rings is 2. The van der Waals surface area contributed by atoms with Crippen molar-refractivity contribution in [3.05, 3.63) is 51.4 Å². The van der Waals surface area contributed by atoms with Gasteiger partial charge in [0.25, 0.3) is 11.8 Å². The average Bonchev–Trinajstić information content (AvgIpc) is 2.80. The number of hydrogen-bond acceptors (Lipinski definition) is 5. The molecule has 2 fully saturated rings. The number of rotatable bonds is 5. The summed E-state index contributed by atoms with van der Waals surface area (Å²) >= 11 is 12.0. The van der Waals surface area contributed by atoms with E-state index in [4.69, 9.17) is 23.2 Å². The molecule has 0 bridgehead atoms. The van der Waals surface area contributed by atoms with Crippen LogP contribution in [0.4, 0.5) is 14.6 Å². The molecule has 1 aromatic heterocycles. The number of likely N-dealkylation sites (tertiary alicyclic amines) is 2. The summed E-state index contributed by atoms with van der Waals surface area (Å²) in [6, 6.07) is 5.65. The molecule has 6 nitrogen and oxygen atoms in total. The van der Waals surface area contributed by atoms with Gasteiger partial charge in [0.2, 0.25) is 0 Å². The number of carbonyl (C=O) groups excluding carboxylic acids is 1. The van der Waals surface area contributed by atoms with Gasteiger partial charge in [-0.2, -0.15) is 0 Å². The van der Waals surface area contributed by atoms with E-state index in [0.29, 0.717) is 59.8 Å². The van der Waals surface area contributed by atoms with E-state index in [1.807, 2.05) is 13.0 Å². The largest absolute Gasteiger partial charge is 0.366 e. The zero-order valence-electron chi connectivity index (χ0n) is 18.5. The van der Waals surface area contributed by atoms with Crippen molar-refractivity contribution in [2.45, 2.75) is 51.1 Å². The van der Waals surface area contributed by atoms with Crippen molar-refractivity contribution in [1.29, 1.82) is 0 Å². The van der Waals surface area contributed by atoms with Crippen LogP contribution in [-0.4, -0.2) is 63.8 Å². The van der Waals surface area contributed by atoms with Crippen molar-refractivity contribution in [3.63, 3.8) is 0 Å². The highest BCUT2D eigenvalue weighted by Gasteiger charge is 2.37. The maximum atomic E-state index is 13.4. The lowest BCUT2D eigenvalue weighted by atomic mass is 9.98. The zero-order valence-corrected chi connectivity index (χ0v) is 20.0. The van der Waals surface area contributed by atoms with Gasteiger partial charge in [0.1, 0.15) is 17.8 Å². The maximum absolute atomic E-state index is 13.4. The van der Waals surface area contributed by atoms with Crippen molar-refractivity contribution < 1.29 is 13.6 Å². The Hall–Kier alpha value is -2.03. The van der Waals surface area contributed by atoms with E-state index in [2.05, 4.69) is 20.2 Å². The highest BCUT2D eigenvalue weighted by Crippen LogP contribution is 2.31. The number of halogens is 4. The van der Waals surface area contributed by atoms with Crippen LogP contribution < -0.4 is 5.32 Å². The number of amides is 1. The zero-order chi connectivity index (χ0) is 23.6. The molecule has 33 heavy (non-hydrogen) atoms. The van der Waals surface area contributed by atoms with Gasteiger partial charge >= 0.3 is 0 Å². The Morgan fingerprint density at radius 2 is 1.82 bits per heavy atom. The van der Waals surface area contributed by atoms with Crippen LogP contribution in [-0.2, 0) is 6.54 Å². The second-order valence-corrected chi connectivity index (χ2v) is 9.53. The molecule has 1 amide bonds. The Morgan fingerprint density at radius 1 is 1.12 bits per heavy atom.